The second-order valence-corrected chi connectivity index (χ2v) is 6.76. The second kappa shape index (κ2) is 6.30. The van der Waals surface area contributed by atoms with Crippen molar-refractivity contribution in [2.45, 2.75) is 58.5 Å². The van der Waals surface area contributed by atoms with Crippen molar-refractivity contribution in [3.8, 4) is 0 Å². The van der Waals surface area contributed by atoms with Crippen molar-refractivity contribution in [2.24, 2.45) is 11.8 Å². The molecule has 1 aliphatic heterocycles. The van der Waals surface area contributed by atoms with Crippen molar-refractivity contribution in [1.82, 2.24) is 9.97 Å². The number of hydrogen-bond donors (Lipinski definition) is 1. The predicted octanol–water partition coefficient (Wildman–Crippen LogP) is 3.52. The van der Waals surface area contributed by atoms with Gasteiger partial charge < -0.3 is 10.1 Å². The molecule has 1 aromatic heterocycles. The zero-order valence-electron chi connectivity index (χ0n) is 13.5. The van der Waals surface area contributed by atoms with Gasteiger partial charge in [0.15, 0.2) is 0 Å². The van der Waals surface area contributed by atoms with Crippen molar-refractivity contribution in [3.05, 3.63) is 17.1 Å². The maximum absolute atomic E-state index is 5.54. The summed E-state index contributed by atoms with van der Waals surface area (Å²) in [6, 6.07) is 0. The van der Waals surface area contributed by atoms with Gasteiger partial charge in [-0.1, -0.05) is 13.8 Å². The Kier molecular flexibility index (Phi) is 4.43. The van der Waals surface area contributed by atoms with Crippen LogP contribution in [0.2, 0.25) is 0 Å². The van der Waals surface area contributed by atoms with Gasteiger partial charge in [-0.3, -0.25) is 0 Å². The van der Waals surface area contributed by atoms with Gasteiger partial charge in [-0.2, -0.15) is 0 Å². The van der Waals surface area contributed by atoms with Crippen LogP contribution in [-0.4, -0.2) is 23.6 Å². The molecule has 0 aromatic carbocycles. The summed E-state index contributed by atoms with van der Waals surface area (Å²) in [5.41, 5.74) is 2.35. The third-order valence-electron chi connectivity index (χ3n) is 5.16. The molecule has 0 amide bonds. The van der Waals surface area contributed by atoms with Gasteiger partial charge in [-0.25, -0.2) is 9.97 Å². The van der Waals surface area contributed by atoms with E-state index in [4.69, 9.17) is 14.7 Å². The monoisotopic (exact) mass is 289 g/mol. The van der Waals surface area contributed by atoms with Crippen LogP contribution in [0.4, 0.5) is 5.82 Å². The number of fused-ring (bicyclic) bond motifs is 1. The molecule has 0 spiro atoms. The van der Waals surface area contributed by atoms with Crippen LogP contribution in [0.5, 0.6) is 0 Å². The number of hydrogen-bond acceptors (Lipinski definition) is 4. The molecule has 0 radical (unpaired) electrons. The van der Waals surface area contributed by atoms with E-state index < -0.39 is 0 Å². The first kappa shape index (κ1) is 14.8. The second-order valence-electron chi connectivity index (χ2n) is 6.76. The summed E-state index contributed by atoms with van der Waals surface area (Å²) in [7, 11) is 1.94. The Bertz CT molecular complexity index is 476. The average Bonchev–Trinajstić information content (AvgIpc) is 2.53. The highest BCUT2D eigenvalue weighted by Crippen LogP contribution is 2.38. The average molecular weight is 289 g/mol. The molecule has 1 N–H and O–H groups in total. The minimum Gasteiger partial charge on any atom is -0.376 e. The summed E-state index contributed by atoms with van der Waals surface area (Å²) >= 11 is 0. The molecule has 1 saturated carbocycles. The Morgan fingerprint density at radius 1 is 1.14 bits per heavy atom. The van der Waals surface area contributed by atoms with E-state index in [9.17, 15) is 0 Å². The van der Waals surface area contributed by atoms with Gasteiger partial charge in [0.2, 0.25) is 0 Å². The van der Waals surface area contributed by atoms with Crippen molar-refractivity contribution in [1.29, 1.82) is 0 Å². The van der Waals surface area contributed by atoms with E-state index in [0.717, 1.165) is 42.1 Å². The molecular weight excluding hydrogens is 262 g/mol. The lowest BCUT2D eigenvalue weighted by Gasteiger charge is -2.31. The third-order valence-corrected chi connectivity index (χ3v) is 5.16. The van der Waals surface area contributed by atoms with E-state index in [2.05, 4.69) is 19.2 Å². The summed E-state index contributed by atoms with van der Waals surface area (Å²) in [6.07, 6.45) is 6.03. The van der Waals surface area contributed by atoms with Crippen LogP contribution in [0.15, 0.2) is 0 Å². The normalized spacial score (nSPS) is 25.7. The molecule has 3 rings (SSSR count). The molecular formula is C17H27N3O. The largest absolute Gasteiger partial charge is 0.376 e. The summed E-state index contributed by atoms with van der Waals surface area (Å²) < 4.78 is 5.54. The van der Waals surface area contributed by atoms with Gasteiger partial charge in [0.25, 0.3) is 0 Å². The van der Waals surface area contributed by atoms with E-state index >= 15 is 0 Å². The van der Waals surface area contributed by atoms with Crippen LogP contribution >= 0.6 is 0 Å². The first-order valence-electron chi connectivity index (χ1n) is 8.34. The highest BCUT2D eigenvalue weighted by Gasteiger charge is 2.27. The molecule has 4 nitrogen and oxygen atoms in total. The predicted molar refractivity (Wildman–Crippen MR) is 84.5 cm³/mol. The van der Waals surface area contributed by atoms with Crippen molar-refractivity contribution in [2.75, 3.05) is 19.0 Å². The fourth-order valence-corrected chi connectivity index (χ4v) is 3.68. The number of anilines is 1. The molecule has 1 aliphatic carbocycles. The zero-order valence-corrected chi connectivity index (χ0v) is 13.5. The van der Waals surface area contributed by atoms with E-state index in [1.807, 2.05) is 7.05 Å². The Hall–Kier alpha value is -1.16. The quantitative estimate of drug-likeness (QED) is 0.925. The fourth-order valence-electron chi connectivity index (χ4n) is 3.68. The minimum atomic E-state index is 0.542. The van der Waals surface area contributed by atoms with Gasteiger partial charge in [0.05, 0.1) is 18.9 Å². The standard InChI is InChI=1S/C17H27N3O/c1-11(2)12-4-6-13(7-5-12)16-19-15-8-9-21-10-14(15)17(18-3)20-16/h11-13H,4-10H2,1-3H3,(H,18,19,20). The first-order chi connectivity index (χ1) is 10.2. The van der Waals surface area contributed by atoms with Crippen molar-refractivity contribution in [3.63, 3.8) is 0 Å². The van der Waals surface area contributed by atoms with Gasteiger partial charge in [0.1, 0.15) is 11.6 Å². The highest BCUT2D eigenvalue weighted by molar-refractivity contribution is 5.47. The Balaban J connectivity index is 1.80. The topological polar surface area (TPSA) is 47.0 Å². The summed E-state index contributed by atoms with van der Waals surface area (Å²) in [5, 5.41) is 3.23. The molecule has 0 unspecified atom stereocenters. The van der Waals surface area contributed by atoms with Crippen molar-refractivity contribution >= 4 is 5.82 Å². The Morgan fingerprint density at radius 3 is 2.57 bits per heavy atom. The number of nitrogens with zero attached hydrogens (tertiary/aromatic N) is 2. The molecule has 1 fully saturated rings. The lowest BCUT2D eigenvalue weighted by Crippen LogP contribution is -2.22. The fraction of sp³-hybridized carbons (Fsp3) is 0.765. The molecule has 4 heteroatoms. The SMILES string of the molecule is CNc1nc(C2CCC(C(C)C)CC2)nc2c1COCC2. The maximum Gasteiger partial charge on any atom is 0.135 e. The molecule has 2 heterocycles. The van der Waals surface area contributed by atoms with E-state index in [0.29, 0.717) is 12.5 Å². The molecule has 2 aliphatic rings. The van der Waals surface area contributed by atoms with Crippen LogP contribution < -0.4 is 5.32 Å². The minimum absolute atomic E-state index is 0.542. The molecule has 0 atom stereocenters. The van der Waals surface area contributed by atoms with Gasteiger partial charge >= 0.3 is 0 Å². The number of rotatable bonds is 3. The molecule has 21 heavy (non-hydrogen) atoms. The molecule has 116 valence electrons. The first-order valence-corrected chi connectivity index (χ1v) is 8.34. The molecule has 0 bridgehead atoms. The summed E-state index contributed by atoms with van der Waals surface area (Å²) in [5.74, 6) is 4.26. The summed E-state index contributed by atoms with van der Waals surface area (Å²) in [4.78, 5) is 9.68. The van der Waals surface area contributed by atoms with Crippen molar-refractivity contribution < 1.29 is 4.74 Å². The highest BCUT2D eigenvalue weighted by atomic mass is 16.5. The van der Waals surface area contributed by atoms with Gasteiger partial charge in [0, 0.05) is 24.9 Å². The van der Waals surface area contributed by atoms with Crippen LogP contribution in [0, 0.1) is 11.8 Å². The van der Waals surface area contributed by atoms with Gasteiger partial charge in [-0.05, 0) is 37.5 Å². The summed E-state index contributed by atoms with van der Waals surface area (Å²) in [6.45, 7) is 6.12. The Morgan fingerprint density at radius 2 is 1.90 bits per heavy atom. The lowest BCUT2D eigenvalue weighted by molar-refractivity contribution is 0.109. The van der Waals surface area contributed by atoms with E-state index in [1.54, 1.807) is 0 Å². The zero-order chi connectivity index (χ0) is 14.8. The van der Waals surface area contributed by atoms with E-state index in [1.165, 1.54) is 31.4 Å². The lowest BCUT2D eigenvalue weighted by atomic mass is 9.76. The number of aromatic nitrogens is 2. The van der Waals surface area contributed by atoms with Crippen LogP contribution in [-0.2, 0) is 17.8 Å². The smallest absolute Gasteiger partial charge is 0.135 e. The number of nitrogens with one attached hydrogen (secondary N) is 1. The van der Waals surface area contributed by atoms with Gasteiger partial charge in [-0.15, -0.1) is 0 Å². The molecule has 0 saturated heterocycles. The molecule has 1 aromatic rings. The van der Waals surface area contributed by atoms with Crippen LogP contribution in [0.1, 0.15) is 62.5 Å². The number of ether oxygens (including phenoxy) is 1. The van der Waals surface area contributed by atoms with Crippen LogP contribution in [0.25, 0.3) is 0 Å². The Labute approximate surface area is 127 Å². The van der Waals surface area contributed by atoms with E-state index in [-0.39, 0.29) is 0 Å². The maximum atomic E-state index is 5.54. The third kappa shape index (κ3) is 3.05. The van der Waals surface area contributed by atoms with Crippen LogP contribution in [0.3, 0.4) is 0 Å².